The summed E-state index contributed by atoms with van der Waals surface area (Å²) in [6.07, 6.45) is 0. The lowest BCUT2D eigenvalue weighted by Gasteiger charge is -2.14. The number of rotatable bonds is 4. The van der Waals surface area contributed by atoms with E-state index < -0.39 is 22.0 Å². The van der Waals surface area contributed by atoms with Crippen LogP contribution in [0.2, 0.25) is 0 Å². The Labute approximate surface area is 124 Å². The predicted octanol–water partition coefficient (Wildman–Crippen LogP) is -0.248. The molecule has 0 bridgehead atoms. The highest BCUT2D eigenvalue weighted by molar-refractivity contribution is 7.89. The van der Waals surface area contributed by atoms with Gasteiger partial charge in [0.1, 0.15) is 6.61 Å². The third kappa shape index (κ3) is 4.56. The molecule has 3 N–H and O–H groups in total. The number of hydrogen-bond donors (Lipinski definition) is 3. The van der Waals surface area contributed by atoms with Crippen LogP contribution in [0.5, 0.6) is 0 Å². The first-order chi connectivity index (χ1) is 9.81. The molecule has 0 saturated heterocycles. The van der Waals surface area contributed by atoms with Gasteiger partial charge in [-0.2, -0.15) is 4.72 Å². The first-order valence-electron chi connectivity index (χ1n) is 6.26. The van der Waals surface area contributed by atoms with E-state index in [4.69, 9.17) is 5.11 Å². The highest BCUT2D eigenvalue weighted by Gasteiger charge is 2.23. The van der Waals surface area contributed by atoms with Crippen molar-refractivity contribution in [2.24, 2.45) is 0 Å². The van der Waals surface area contributed by atoms with E-state index in [1.807, 2.05) is 0 Å². The molecular formula is C14H18N2O4S. The lowest BCUT2D eigenvalue weighted by atomic mass is 10.1. The Bertz CT molecular complexity index is 687. The maximum Gasteiger partial charge on any atom is 0.242 e. The van der Waals surface area contributed by atoms with Crippen LogP contribution in [-0.2, 0) is 14.8 Å². The van der Waals surface area contributed by atoms with Gasteiger partial charge in [-0.1, -0.05) is 17.9 Å². The standard InChI is InChI=1S/C14H18N2O4S/c1-10-6-7-13(12(9-10)5-4-8-17)21(19,20)16-11(2)14(18)15-3/h6-7,9,11,16-17H,8H2,1-3H3,(H,15,18). The van der Waals surface area contributed by atoms with E-state index in [0.717, 1.165) is 5.56 Å². The first kappa shape index (κ1) is 17.2. The average molecular weight is 310 g/mol. The number of carbonyl (C=O) groups is 1. The van der Waals surface area contributed by atoms with Crippen molar-refractivity contribution in [3.8, 4) is 11.8 Å². The van der Waals surface area contributed by atoms with Crippen LogP contribution in [0.3, 0.4) is 0 Å². The largest absolute Gasteiger partial charge is 0.384 e. The fourth-order valence-corrected chi connectivity index (χ4v) is 3.02. The number of benzene rings is 1. The monoisotopic (exact) mass is 310 g/mol. The van der Waals surface area contributed by atoms with Crippen LogP contribution in [0.15, 0.2) is 23.1 Å². The molecule has 1 rings (SSSR count). The average Bonchev–Trinajstić information content (AvgIpc) is 2.43. The van der Waals surface area contributed by atoms with Crippen molar-refractivity contribution < 1.29 is 18.3 Å². The molecule has 1 amide bonds. The number of aliphatic hydroxyl groups excluding tert-OH is 1. The molecule has 0 aliphatic rings. The number of nitrogens with one attached hydrogen (secondary N) is 2. The van der Waals surface area contributed by atoms with Gasteiger partial charge in [-0.15, -0.1) is 0 Å². The number of likely N-dealkylation sites (N-methyl/N-ethyl adjacent to an activating group) is 1. The topological polar surface area (TPSA) is 95.5 Å². The van der Waals surface area contributed by atoms with Gasteiger partial charge in [0.05, 0.1) is 10.9 Å². The summed E-state index contributed by atoms with van der Waals surface area (Å²) in [5.41, 5.74) is 1.12. The number of aliphatic hydroxyl groups is 1. The second-order valence-corrected chi connectivity index (χ2v) is 6.10. The zero-order valence-electron chi connectivity index (χ0n) is 12.1. The number of sulfonamides is 1. The first-order valence-corrected chi connectivity index (χ1v) is 7.74. The van der Waals surface area contributed by atoms with E-state index in [1.54, 1.807) is 19.1 Å². The predicted molar refractivity (Wildman–Crippen MR) is 79.0 cm³/mol. The van der Waals surface area contributed by atoms with E-state index in [0.29, 0.717) is 0 Å². The summed E-state index contributed by atoms with van der Waals surface area (Å²) in [7, 11) is -2.46. The summed E-state index contributed by atoms with van der Waals surface area (Å²) in [4.78, 5) is 11.4. The van der Waals surface area contributed by atoms with Crippen LogP contribution in [0.1, 0.15) is 18.1 Å². The molecule has 1 unspecified atom stereocenters. The molecule has 1 aromatic rings. The fourth-order valence-electron chi connectivity index (χ4n) is 1.68. The summed E-state index contributed by atoms with van der Waals surface area (Å²) < 4.78 is 27.0. The molecule has 0 aliphatic carbocycles. The highest BCUT2D eigenvalue weighted by atomic mass is 32.2. The zero-order valence-corrected chi connectivity index (χ0v) is 12.9. The summed E-state index contributed by atoms with van der Waals surface area (Å²) in [6.45, 7) is 2.89. The Balaban J connectivity index is 3.22. The van der Waals surface area contributed by atoms with Gasteiger partial charge in [-0.3, -0.25) is 4.79 Å². The van der Waals surface area contributed by atoms with Crippen LogP contribution >= 0.6 is 0 Å². The molecule has 0 aliphatic heterocycles. The molecule has 0 spiro atoms. The van der Waals surface area contributed by atoms with E-state index in [-0.39, 0.29) is 17.1 Å². The van der Waals surface area contributed by atoms with Crippen molar-refractivity contribution in [1.82, 2.24) is 10.0 Å². The summed E-state index contributed by atoms with van der Waals surface area (Å²) in [5, 5.41) is 11.1. The molecule has 114 valence electrons. The fraction of sp³-hybridized carbons (Fsp3) is 0.357. The third-order valence-electron chi connectivity index (χ3n) is 2.70. The zero-order chi connectivity index (χ0) is 16.0. The van der Waals surface area contributed by atoms with Crippen molar-refractivity contribution >= 4 is 15.9 Å². The van der Waals surface area contributed by atoms with E-state index >= 15 is 0 Å². The lowest BCUT2D eigenvalue weighted by Crippen LogP contribution is -2.43. The van der Waals surface area contributed by atoms with E-state index in [9.17, 15) is 13.2 Å². The normalized spacial score (nSPS) is 12.2. The van der Waals surface area contributed by atoms with E-state index in [1.165, 1.54) is 20.0 Å². The molecule has 6 nitrogen and oxygen atoms in total. The molecule has 21 heavy (non-hydrogen) atoms. The van der Waals surface area contributed by atoms with Crippen LogP contribution in [0.4, 0.5) is 0 Å². The van der Waals surface area contributed by atoms with Gasteiger partial charge < -0.3 is 10.4 Å². The molecule has 0 radical (unpaired) electrons. The second-order valence-electron chi connectivity index (χ2n) is 4.42. The van der Waals surface area contributed by atoms with Gasteiger partial charge in [-0.25, -0.2) is 8.42 Å². The van der Waals surface area contributed by atoms with Crippen molar-refractivity contribution in [2.45, 2.75) is 24.8 Å². The Morgan fingerprint density at radius 1 is 1.43 bits per heavy atom. The van der Waals surface area contributed by atoms with Crippen LogP contribution < -0.4 is 10.0 Å². The molecule has 1 atom stereocenters. The minimum Gasteiger partial charge on any atom is -0.384 e. The van der Waals surface area contributed by atoms with Gasteiger partial charge >= 0.3 is 0 Å². The van der Waals surface area contributed by atoms with Crippen molar-refractivity contribution in [2.75, 3.05) is 13.7 Å². The van der Waals surface area contributed by atoms with Crippen LogP contribution in [-0.4, -0.2) is 39.1 Å². The van der Waals surface area contributed by atoms with Crippen molar-refractivity contribution in [3.63, 3.8) is 0 Å². The lowest BCUT2D eigenvalue weighted by molar-refractivity contribution is -0.121. The van der Waals surface area contributed by atoms with Crippen molar-refractivity contribution in [3.05, 3.63) is 29.3 Å². The van der Waals surface area contributed by atoms with Crippen LogP contribution in [0, 0.1) is 18.8 Å². The molecule has 7 heteroatoms. The third-order valence-corrected chi connectivity index (χ3v) is 4.30. The SMILES string of the molecule is CNC(=O)C(C)NS(=O)(=O)c1ccc(C)cc1C#CCO. The number of aryl methyl sites for hydroxylation is 1. The summed E-state index contributed by atoms with van der Waals surface area (Å²) in [5.74, 6) is 4.60. The van der Waals surface area contributed by atoms with E-state index in [2.05, 4.69) is 21.9 Å². The Morgan fingerprint density at radius 2 is 2.10 bits per heavy atom. The van der Waals surface area contributed by atoms with Gasteiger partial charge in [0.2, 0.25) is 15.9 Å². The van der Waals surface area contributed by atoms with Gasteiger partial charge in [-0.05, 0) is 31.5 Å². The summed E-state index contributed by atoms with van der Waals surface area (Å²) in [6, 6.07) is 3.78. The molecule has 0 aromatic heterocycles. The minimum atomic E-state index is -3.89. The molecular weight excluding hydrogens is 292 g/mol. The highest BCUT2D eigenvalue weighted by Crippen LogP contribution is 2.17. The van der Waals surface area contributed by atoms with Crippen molar-refractivity contribution in [1.29, 1.82) is 0 Å². The number of carbonyl (C=O) groups excluding carboxylic acids is 1. The second kappa shape index (κ2) is 7.22. The maximum absolute atomic E-state index is 12.3. The Morgan fingerprint density at radius 3 is 2.67 bits per heavy atom. The van der Waals surface area contributed by atoms with Gasteiger partial charge in [0.15, 0.2) is 0 Å². The Hall–Kier alpha value is -1.88. The summed E-state index contributed by atoms with van der Waals surface area (Å²) >= 11 is 0. The number of hydrogen-bond acceptors (Lipinski definition) is 4. The Kier molecular flexibility index (Phi) is 5.90. The minimum absolute atomic E-state index is 0.0233. The molecule has 0 fully saturated rings. The quantitative estimate of drug-likeness (QED) is 0.668. The molecule has 0 heterocycles. The molecule has 0 saturated carbocycles. The van der Waals surface area contributed by atoms with Gasteiger partial charge in [0, 0.05) is 12.6 Å². The smallest absolute Gasteiger partial charge is 0.242 e. The number of amides is 1. The van der Waals surface area contributed by atoms with Crippen LogP contribution in [0.25, 0.3) is 0 Å². The maximum atomic E-state index is 12.3. The molecule has 1 aromatic carbocycles. The van der Waals surface area contributed by atoms with Gasteiger partial charge in [0.25, 0.3) is 0 Å².